The van der Waals surface area contributed by atoms with Gasteiger partial charge < -0.3 is 10.6 Å². The molecule has 0 radical (unpaired) electrons. The van der Waals surface area contributed by atoms with Gasteiger partial charge in [-0.2, -0.15) is 0 Å². The number of nitrogens with zero attached hydrogens (tertiary/aromatic N) is 2. The monoisotopic (exact) mass is 233 g/mol. The van der Waals surface area contributed by atoms with Gasteiger partial charge in [0.25, 0.3) is 0 Å². The Morgan fingerprint density at radius 1 is 1.35 bits per heavy atom. The molecule has 1 aliphatic rings. The lowest BCUT2D eigenvalue weighted by Gasteiger charge is -2.25. The molecule has 0 aliphatic heterocycles. The Labute approximate surface area is 104 Å². The molecule has 0 bridgehead atoms. The minimum Gasteiger partial charge on any atom is -0.355 e. The molecule has 0 saturated carbocycles. The first-order valence-electron chi connectivity index (χ1n) is 6.64. The molecule has 0 fully saturated rings. The van der Waals surface area contributed by atoms with Gasteiger partial charge in [-0.25, -0.2) is 4.98 Å². The average molecular weight is 233 g/mol. The predicted octanol–water partition coefficient (Wildman–Crippen LogP) is 1.99. The maximum absolute atomic E-state index is 5.69. The van der Waals surface area contributed by atoms with Crippen LogP contribution >= 0.6 is 0 Å². The second kappa shape index (κ2) is 5.50. The molecule has 1 heterocycles. The predicted molar refractivity (Wildman–Crippen MR) is 72.4 cm³/mol. The van der Waals surface area contributed by atoms with Crippen molar-refractivity contribution in [2.75, 3.05) is 24.5 Å². The fourth-order valence-electron chi connectivity index (χ4n) is 2.48. The average Bonchev–Trinajstić information content (AvgIpc) is 2.74. The number of anilines is 1. The second-order valence-corrected chi connectivity index (χ2v) is 5.26. The molecular weight excluding hydrogens is 210 g/mol. The number of aryl methyl sites for hydroxylation is 2. The summed E-state index contributed by atoms with van der Waals surface area (Å²) in [6.07, 6.45) is 3.60. The molecule has 0 unspecified atom stereocenters. The quantitative estimate of drug-likeness (QED) is 0.845. The Hall–Kier alpha value is -1.09. The van der Waals surface area contributed by atoms with Gasteiger partial charge in [-0.05, 0) is 36.8 Å². The van der Waals surface area contributed by atoms with Gasteiger partial charge in [0.15, 0.2) is 0 Å². The number of hydrogen-bond acceptors (Lipinski definition) is 3. The van der Waals surface area contributed by atoms with Crippen molar-refractivity contribution in [3.63, 3.8) is 0 Å². The SMILES string of the molecule is CC(C)CN(CCN)c1ccc2c(n1)CCC2. The molecule has 17 heavy (non-hydrogen) atoms. The summed E-state index contributed by atoms with van der Waals surface area (Å²) in [5, 5.41) is 0. The summed E-state index contributed by atoms with van der Waals surface area (Å²) in [6, 6.07) is 4.40. The first-order chi connectivity index (χ1) is 8.20. The summed E-state index contributed by atoms with van der Waals surface area (Å²) >= 11 is 0. The van der Waals surface area contributed by atoms with Gasteiger partial charge in [-0.1, -0.05) is 19.9 Å². The van der Waals surface area contributed by atoms with E-state index < -0.39 is 0 Å². The fraction of sp³-hybridized carbons (Fsp3) is 0.643. The van der Waals surface area contributed by atoms with Gasteiger partial charge in [0, 0.05) is 25.3 Å². The molecule has 0 atom stereocenters. The van der Waals surface area contributed by atoms with Crippen LogP contribution in [0.1, 0.15) is 31.5 Å². The largest absolute Gasteiger partial charge is 0.355 e. The molecule has 3 nitrogen and oxygen atoms in total. The molecule has 2 N–H and O–H groups in total. The molecule has 1 aromatic rings. The third-order valence-electron chi connectivity index (χ3n) is 3.22. The minimum atomic E-state index is 0.636. The zero-order chi connectivity index (χ0) is 12.3. The Morgan fingerprint density at radius 2 is 2.18 bits per heavy atom. The van der Waals surface area contributed by atoms with E-state index in [4.69, 9.17) is 10.7 Å². The molecule has 94 valence electrons. The zero-order valence-electron chi connectivity index (χ0n) is 10.9. The number of hydrogen-bond donors (Lipinski definition) is 1. The molecule has 0 amide bonds. The van der Waals surface area contributed by atoms with Crippen molar-refractivity contribution in [3.8, 4) is 0 Å². The van der Waals surface area contributed by atoms with Crippen molar-refractivity contribution in [2.24, 2.45) is 11.7 Å². The van der Waals surface area contributed by atoms with Crippen LogP contribution in [0, 0.1) is 5.92 Å². The molecule has 0 saturated heterocycles. The minimum absolute atomic E-state index is 0.636. The number of nitrogens with two attached hydrogens (primary N) is 1. The third kappa shape index (κ3) is 2.97. The molecular formula is C14H23N3. The number of rotatable bonds is 5. The van der Waals surface area contributed by atoms with Gasteiger partial charge in [-0.3, -0.25) is 0 Å². The van der Waals surface area contributed by atoms with Crippen LogP contribution < -0.4 is 10.6 Å². The van der Waals surface area contributed by atoms with Crippen LogP contribution in [0.15, 0.2) is 12.1 Å². The van der Waals surface area contributed by atoms with Gasteiger partial charge >= 0.3 is 0 Å². The van der Waals surface area contributed by atoms with Gasteiger partial charge in [0.05, 0.1) is 0 Å². The van der Waals surface area contributed by atoms with E-state index in [-0.39, 0.29) is 0 Å². The maximum atomic E-state index is 5.69. The molecule has 1 aliphatic carbocycles. The van der Waals surface area contributed by atoms with E-state index in [1.165, 1.54) is 24.1 Å². The van der Waals surface area contributed by atoms with Crippen LogP contribution in [-0.4, -0.2) is 24.6 Å². The highest BCUT2D eigenvalue weighted by Gasteiger charge is 2.15. The summed E-state index contributed by atoms with van der Waals surface area (Å²) in [6.45, 7) is 7.08. The molecule has 2 rings (SSSR count). The van der Waals surface area contributed by atoms with E-state index in [1.54, 1.807) is 0 Å². The summed E-state index contributed by atoms with van der Waals surface area (Å²) in [5.41, 5.74) is 8.42. The number of pyridine rings is 1. The van der Waals surface area contributed by atoms with Crippen molar-refractivity contribution >= 4 is 5.82 Å². The van der Waals surface area contributed by atoms with E-state index in [0.29, 0.717) is 12.5 Å². The lowest BCUT2D eigenvalue weighted by atomic mass is 10.2. The lowest BCUT2D eigenvalue weighted by Crippen LogP contribution is -2.33. The maximum Gasteiger partial charge on any atom is 0.128 e. The normalized spacial score (nSPS) is 14.1. The number of aromatic nitrogens is 1. The molecule has 3 heteroatoms. The van der Waals surface area contributed by atoms with Crippen LogP contribution in [-0.2, 0) is 12.8 Å². The first-order valence-corrected chi connectivity index (χ1v) is 6.64. The first kappa shape index (κ1) is 12.4. The van der Waals surface area contributed by atoms with Crippen LogP contribution in [0.3, 0.4) is 0 Å². The lowest BCUT2D eigenvalue weighted by molar-refractivity contribution is 0.606. The van der Waals surface area contributed by atoms with Crippen LogP contribution in [0.2, 0.25) is 0 Å². The molecule has 0 spiro atoms. The van der Waals surface area contributed by atoms with E-state index in [9.17, 15) is 0 Å². The summed E-state index contributed by atoms with van der Waals surface area (Å²) in [5.74, 6) is 1.74. The Bertz CT molecular complexity index is 374. The van der Waals surface area contributed by atoms with E-state index in [2.05, 4.69) is 30.9 Å². The fourth-order valence-corrected chi connectivity index (χ4v) is 2.48. The Morgan fingerprint density at radius 3 is 2.88 bits per heavy atom. The van der Waals surface area contributed by atoms with Gasteiger partial charge in [0.1, 0.15) is 5.82 Å². The van der Waals surface area contributed by atoms with E-state index in [1.807, 2.05) is 0 Å². The summed E-state index contributed by atoms with van der Waals surface area (Å²) in [4.78, 5) is 7.10. The topological polar surface area (TPSA) is 42.1 Å². The van der Waals surface area contributed by atoms with E-state index >= 15 is 0 Å². The smallest absolute Gasteiger partial charge is 0.128 e. The van der Waals surface area contributed by atoms with Crippen molar-refractivity contribution in [3.05, 3.63) is 23.4 Å². The van der Waals surface area contributed by atoms with Crippen LogP contribution in [0.4, 0.5) is 5.82 Å². The molecule has 1 aromatic heterocycles. The van der Waals surface area contributed by atoms with Gasteiger partial charge in [-0.15, -0.1) is 0 Å². The van der Waals surface area contributed by atoms with Crippen LogP contribution in [0.5, 0.6) is 0 Å². The highest BCUT2D eigenvalue weighted by atomic mass is 15.2. The summed E-state index contributed by atoms with van der Waals surface area (Å²) < 4.78 is 0. The summed E-state index contributed by atoms with van der Waals surface area (Å²) in [7, 11) is 0. The van der Waals surface area contributed by atoms with Crippen molar-refractivity contribution < 1.29 is 0 Å². The van der Waals surface area contributed by atoms with Gasteiger partial charge in [0.2, 0.25) is 0 Å². The second-order valence-electron chi connectivity index (χ2n) is 5.26. The van der Waals surface area contributed by atoms with Crippen LogP contribution in [0.25, 0.3) is 0 Å². The highest BCUT2D eigenvalue weighted by molar-refractivity contribution is 5.43. The van der Waals surface area contributed by atoms with E-state index in [0.717, 1.165) is 25.3 Å². The van der Waals surface area contributed by atoms with Crippen molar-refractivity contribution in [1.82, 2.24) is 4.98 Å². The van der Waals surface area contributed by atoms with Crippen molar-refractivity contribution in [2.45, 2.75) is 33.1 Å². The highest BCUT2D eigenvalue weighted by Crippen LogP contribution is 2.23. The third-order valence-corrected chi connectivity index (χ3v) is 3.22. The van der Waals surface area contributed by atoms with Crippen molar-refractivity contribution in [1.29, 1.82) is 0 Å². The zero-order valence-corrected chi connectivity index (χ0v) is 10.9. The molecule has 0 aromatic carbocycles. The Kier molecular flexibility index (Phi) is 4.00. The standard InChI is InChI=1S/C14H23N3/c1-11(2)10-17(9-8-15)14-7-6-12-4-3-5-13(12)16-14/h6-7,11H,3-5,8-10,15H2,1-2H3. The Balaban J connectivity index is 2.17. The number of fused-ring (bicyclic) bond motifs is 1.